The van der Waals surface area contributed by atoms with E-state index < -0.39 is 0 Å². The summed E-state index contributed by atoms with van der Waals surface area (Å²) in [6.45, 7) is 1.66. The Morgan fingerprint density at radius 2 is 2.50 bits per heavy atom. The van der Waals surface area contributed by atoms with Crippen molar-refractivity contribution in [2.24, 2.45) is 0 Å². The molecule has 60 valence electrons. The topological polar surface area (TPSA) is 18.5 Å². The Balaban J connectivity index is 2.02. The molecule has 2 nitrogen and oxygen atoms in total. The first-order valence-electron chi connectivity index (χ1n) is 3.45. The van der Waals surface area contributed by atoms with Crippen molar-refractivity contribution in [1.82, 2.24) is 0 Å². The molecule has 0 saturated carbocycles. The first-order chi connectivity index (χ1) is 4.93. The minimum absolute atomic E-state index is 0.357. The molecule has 1 aliphatic heterocycles. The van der Waals surface area contributed by atoms with Crippen molar-refractivity contribution in [3.63, 3.8) is 0 Å². The zero-order valence-electron chi connectivity index (χ0n) is 5.72. The highest BCUT2D eigenvalue weighted by molar-refractivity contribution is 14.2. The van der Waals surface area contributed by atoms with Crippen LogP contribution in [0.2, 0.25) is 0 Å². The fourth-order valence-electron chi connectivity index (χ4n) is 1.04. The summed E-state index contributed by atoms with van der Waals surface area (Å²) in [5.74, 6) is 0. The largest absolute Gasteiger partial charge is 0.376 e. The fourth-order valence-corrected chi connectivity index (χ4v) is 1.68. The van der Waals surface area contributed by atoms with Crippen LogP contribution in [0.25, 0.3) is 0 Å². The molecular weight excluding hydrogens is 263 g/mol. The molecule has 1 unspecified atom stereocenters. The molecule has 0 bridgehead atoms. The zero-order chi connectivity index (χ0) is 7.23. The lowest BCUT2D eigenvalue weighted by atomic mass is 10.1. The Morgan fingerprint density at radius 1 is 1.60 bits per heavy atom. The minimum atomic E-state index is 0.357. The summed E-state index contributed by atoms with van der Waals surface area (Å²) >= 11 is 2.12. The molecule has 4 heteroatoms. The van der Waals surface area contributed by atoms with E-state index >= 15 is 0 Å². The predicted octanol–water partition coefficient (Wildman–Crippen LogP) is 2.57. The molecular formula is C6H11IO2S. The van der Waals surface area contributed by atoms with Gasteiger partial charge in [-0.05, 0) is 19.3 Å². The van der Waals surface area contributed by atoms with Crippen LogP contribution >= 0.6 is 30.4 Å². The summed E-state index contributed by atoms with van der Waals surface area (Å²) in [5, 5.41) is 0. The van der Waals surface area contributed by atoms with Crippen LogP contribution in [0, 0.1) is 0 Å². The smallest absolute Gasteiger partial charge is 0.0885 e. The van der Waals surface area contributed by atoms with Gasteiger partial charge in [-0.1, -0.05) is 0 Å². The maximum atomic E-state index is 5.44. The van der Waals surface area contributed by atoms with Crippen LogP contribution in [0.15, 0.2) is 0 Å². The number of ether oxygens (including phenoxy) is 1. The van der Waals surface area contributed by atoms with Crippen LogP contribution in [0.3, 0.4) is 0 Å². The van der Waals surface area contributed by atoms with E-state index in [2.05, 4.69) is 21.2 Å². The molecule has 0 radical (unpaired) electrons. The lowest BCUT2D eigenvalue weighted by Gasteiger charge is -2.21. The zero-order valence-corrected chi connectivity index (χ0v) is 8.69. The summed E-state index contributed by atoms with van der Waals surface area (Å²) in [6, 6.07) is 0. The van der Waals surface area contributed by atoms with E-state index in [-0.39, 0.29) is 0 Å². The average Bonchev–Trinajstić information content (AvgIpc) is 2.03. The quantitative estimate of drug-likeness (QED) is 0.582. The molecule has 1 heterocycles. The van der Waals surface area contributed by atoms with Gasteiger partial charge in [0, 0.05) is 27.8 Å². The van der Waals surface area contributed by atoms with E-state index in [0.29, 0.717) is 6.10 Å². The Bertz CT molecular complexity index is 85.8. The Kier molecular flexibility index (Phi) is 5.11. The highest BCUT2D eigenvalue weighted by Crippen LogP contribution is 2.17. The lowest BCUT2D eigenvalue weighted by Crippen LogP contribution is -2.22. The first-order valence-corrected chi connectivity index (χ1v) is 6.73. The van der Waals surface area contributed by atoms with E-state index in [4.69, 9.17) is 8.92 Å². The molecule has 10 heavy (non-hydrogen) atoms. The summed E-state index contributed by atoms with van der Waals surface area (Å²) in [4.78, 5) is 0. The molecule has 1 saturated heterocycles. The SMILES string of the molecule is ISOCC1CCCCO1. The summed E-state index contributed by atoms with van der Waals surface area (Å²) in [7, 11) is 1.39. The van der Waals surface area contributed by atoms with Crippen LogP contribution in [-0.4, -0.2) is 19.3 Å². The van der Waals surface area contributed by atoms with Crippen molar-refractivity contribution in [3.05, 3.63) is 0 Å². The minimum Gasteiger partial charge on any atom is -0.376 e. The Labute approximate surface area is 77.8 Å². The van der Waals surface area contributed by atoms with E-state index in [9.17, 15) is 0 Å². The van der Waals surface area contributed by atoms with E-state index in [1.165, 1.54) is 22.1 Å². The van der Waals surface area contributed by atoms with Gasteiger partial charge in [0.1, 0.15) is 0 Å². The van der Waals surface area contributed by atoms with Crippen LogP contribution in [0.5, 0.6) is 0 Å². The number of halogens is 1. The van der Waals surface area contributed by atoms with E-state index in [1.807, 2.05) is 0 Å². The van der Waals surface area contributed by atoms with Crippen molar-refractivity contribution in [1.29, 1.82) is 0 Å². The monoisotopic (exact) mass is 274 g/mol. The third kappa shape index (κ3) is 3.41. The molecule has 0 aromatic carbocycles. The van der Waals surface area contributed by atoms with Gasteiger partial charge >= 0.3 is 0 Å². The predicted molar refractivity (Wildman–Crippen MR) is 51.2 cm³/mol. The van der Waals surface area contributed by atoms with E-state index in [0.717, 1.165) is 19.6 Å². The Morgan fingerprint density at radius 3 is 3.10 bits per heavy atom. The second-order valence-corrected chi connectivity index (χ2v) is 3.78. The second-order valence-electron chi connectivity index (χ2n) is 2.34. The van der Waals surface area contributed by atoms with Crippen molar-refractivity contribution in [3.8, 4) is 0 Å². The molecule has 0 aliphatic carbocycles. The molecule has 0 N–H and O–H groups in total. The van der Waals surface area contributed by atoms with Crippen LogP contribution in [0.1, 0.15) is 19.3 Å². The Hall–Kier alpha value is 1.00. The second kappa shape index (κ2) is 5.62. The molecule has 0 aromatic heterocycles. The summed E-state index contributed by atoms with van der Waals surface area (Å²) < 4.78 is 10.6. The van der Waals surface area contributed by atoms with E-state index in [1.54, 1.807) is 0 Å². The summed E-state index contributed by atoms with van der Waals surface area (Å²) in [6.07, 6.45) is 4.03. The van der Waals surface area contributed by atoms with Crippen LogP contribution in [0.4, 0.5) is 0 Å². The molecule has 1 atom stereocenters. The molecule has 1 aliphatic rings. The lowest BCUT2D eigenvalue weighted by molar-refractivity contribution is -0.00657. The number of hydrogen-bond donors (Lipinski definition) is 0. The molecule has 0 spiro atoms. The fraction of sp³-hybridized carbons (Fsp3) is 1.00. The first kappa shape index (κ1) is 9.09. The maximum absolute atomic E-state index is 5.44. The number of hydrogen-bond acceptors (Lipinski definition) is 3. The molecule has 1 rings (SSSR count). The highest BCUT2D eigenvalue weighted by atomic mass is 127. The van der Waals surface area contributed by atoms with Gasteiger partial charge in [-0.2, -0.15) is 0 Å². The number of rotatable bonds is 3. The summed E-state index contributed by atoms with van der Waals surface area (Å²) in [5.41, 5.74) is 0. The van der Waals surface area contributed by atoms with Crippen molar-refractivity contribution in [2.75, 3.05) is 13.2 Å². The molecule has 0 aromatic rings. The van der Waals surface area contributed by atoms with Gasteiger partial charge in [0.25, 0.3) is 0 Å². The third-order valence-electron chi connectivity index (χ3n) is 1.57. The normalized spacial score (nSPS) is 26.7. The maximum Gasteiger partial charge on any atom is 0.0885 e. The van der Waals surface area contributed by atoms with Gasteiger partial charge in [-0.3, -0.25) is 0 Å². The van der Waals surface area contributed by atoms with Crippen LogP contribution < -0.4 is 0 Å². The van der Waals surface area contributed by atoms with Gasteiger partial charge in [-0.15, -0.1) is 0 Å². The van der Waals surface area contributed by atoms with Gasteiger partial charge in [0.2, 0.25) is 0 Å². The van der Waals surface area contributed by atoms with Crippen LogP contribution in [-0.2, 0) is 8.92 Å². The van der Waals surface area contributed by atoms with Gasteiger partial charge in [0.05, 0.1) is 21.9 Å². The van der Waals surface area contributed by atoms with Crippen molar-refractivity contribution < 1.29 is 8.92 Å². The van der Waals surface area contributed by atoms with Gasteiger partial charge in [-0.25, -0.2) is 0 Å². The molecule has 0 amide bonds. The van der Waals surface area contributed by atoms with Crippen molar-refractivity contribution >= 4 is 30.4 Å². The van der Waals surface area contributed by atoms with Crippen molar-refractivity contribution in [2.45, 2.75) is 25.4 Å². The van der Waals surface area contributed by atoms with Gasteiger partial charge in [0.15, 0.2) is 0 Å². The average molecular weight is 274 g/mol. The molecule has 1 fully saturated rings. The standard InChI is InChI=1S/C6H11IO2S/c7-10-9-5-6-3-1-2-4-8-6/h6H,1-5H2. The third-order valence-corrected chi connectivity index (χ3v) is 2.56. The van der Waals surface area contributed by atoms with Gasteiger partial charge < -0.3 is 8.92 Å². The highest BCUT2D eigenvalue weighted by Gasteiger charge is 2.13.